The van der Waals surface area contributed by atoms with Crippen molar-refractivity contribution in [2.75, 3.05) is 5.32 Å². The Morgan fingerprint density at radius 3 is 2.71 bits per heavy atom. The van der Waals surface area contributed by atoms with Gasteiger partial charge in [0.1, 0.15) is 11.5 Å². The van der Waals surface area contributed by atoms with Crippen LogP contribution < -0.4 is 10.1 Å². The van der Waals surface area contributed by atoms with E-state index < -0.39 is 0 Å². The highest BCUT2D eigenvalue weighted by atomic mass is 32.2. The van der Waals surface area contributed by atoms with E-state index in [2.05, 4.69) is 22.2 Å². The summed E-state index contributed by atoms with van der Waals surface area (Å²) < 4.78 is 11.8. The molecule has 0 amide bonds. The molecule has 38 heavy (non-hydrogen) atoms. The van der Waals surface area contributed by atoms with Crippen molar-refractivity contribution >= 4 is 40.1 Å². The summed E-state index contributed by atoms with van der Waals surface area (Å²) in [5, 5.41) is 6.13. The standard InChI is InChI=1S/C29H27N5O2S2/c1-4-8-24-20(3)26(13-14-30-24)38-23-15-25(36-22-9-6-5-7-10-22)28(32-17-23)34-29-33-21(18-37-29)11-12-27-31-16-19(2)35-27/h4-10,13-18H,11-12H2,1-3H3,(H,32,33,34)/b8-4-. The molecule has 0 spiro atoms. The molecule has 0 saturated heterocycles. The van der Waals surface area contributed by atoms with Gasteiger partial charge in [-0.25, -0.2) is 15.0 Å². The van der Waals surface area contributed by atoms with Gasteiger partial charge in [-0.05, 0) is 57.0 Å². The molecule has 0 saturated carbocycles. The van der Waals surface area contributed by atoms with Crippen molar-refractivity contribution < 1.29 is 9.15 Å². The molecule has 0 atom stereocenters. The molecule has 0 fully saturated rings. The normalized spacial score (nSPS) is 11.2. The van der Waals surface area contributed by atoms with Gasteiger partial charge in [-0.1, -0.05) is 36.0 Å². The van der Waals surface area contributed by atoms with E-state index in [0.29, 0.717) is 18.0 Å². The van der Waals surface area contributed by atoms with E-state index in [9.17, 15) is 0 Å². The zero-order valence-corrected chi connectivity index (χ0v) is 23.0. The fourth-order valence-corrected chi connectivity index (χ4v) is 5.35. The van der Waals surface area contributed by atoms with Crippen LogP contribution in [0.3, 0.4) is 0 Å². The number of aromatic nitrogens is 4. The van der Waals surface area contributed by atoms with E-state index in [0.717, 1.165) is 55.7 Å². The molecule has 4 heterocycles. The first-order chi connectivity index (χ1) is 18.6. The van der Waals surface area contributed by atoms with Crippen LogP contribution in [0, 0.1) is 13.8 Å². The molecule has 1 aromatic carbocycles. The molecule has 1 N–H and O–H groups in total. The van der Waals surface area contributed by atoms with E-state index in [1.54, 1.807) is 18.0 Å². The highest BCUT2D eigenvalue weighted by Crippen LogP contribution is 2.37. The molecule has 0 unspecified atom stereocenters. The molecular weight excluding hydrogens is 514 g/mol. The van der Waals surface area contributed by atoms with Crippen molar-refractivity contribution in [2.45, 2.75) is 43.4 Å². The number of thiazole rings is 1. The van der Waals surface area contributed by atoms with Crippen molar-refractivity contribution in [3.05, 3.63) is 101 Å². The van der Waals surface area contributed by atoms with Gasteiger partial charge in [0.2, 0.25) is 0 Å². The van der Waals surface area contributed by atoms with Gasteiger partial charge in [0.15, 0.2) is 22.6 Å². The summed E-state index contributed by atoms with van der Waals surface area (Å²) in [6.45, 7) is 5.97. The number of rotatable bonds is 10. The number of hydrogen-bond donors (Lipinski definition) is 1. The SMILES string of the molecule is C/C=C\c1nccc(Sc2cnc(Nc3nc(CCc4ncc(C)o4)cs3)c(Oc3ccccc3)c2)c1C. The van der Waals surface area contributed by atoms with Crippen molar-refractivity contribution in [3.8, 4) is 11.5 Å². The summed E-state index contributed by atoms with van der Waals surface area (Å²) in [7, 11) is 0. The number of ether oxygens (including phenoxy) is 1. The second-order valence-electron chi connectivity index (χ2n) is 8.49. The molecule has 7 nitrogen and oxygen atoms in total. The van der Waals surface area contributed by atoms with E-state index in [-0.39, 0.29) is 0 Å². The van der Waals surface area contributed by atoms with E-state index in [1.165, 1.54) is 11.3 Å². The van der Waals surface area contributed by atoms with Crippen LogP contribution in [-0.2, 0) is 12.8 Å². The van der Waals surface area contributed by atoms with E-state index in [1.807, 2.05) is 86.2 Å². The van der Waals surface area contributed by atoms with Crippen LogP contribution >= 0.6 is 23.1 Å². The Hall–Kier alpha value is -3.95. The van der Waals surface area contributed by atoms with Crippen LogP contribution in [0.15, 0.2) is 86.7 Å². The van der Waals surface area contributed by atoms with Crippen molar-refractivity contribution in [1.29, 1.82) is 0 Å². The third kappa shape index (κ3) is 6.48. The lowest BCUT2D eigenvalue weighted by molar-refractivity contribution is 0.470. The highest BCUT2D eigenvalue weighted by Gasteiger charge is 2.14. The average molecular weight is 542 g/mol. The van der Waals surface area contributed by atoms with Crippen LogP contribution in [0.25, 0.3) is 6.08 Å². The minimum atomic E-state index is 0.600. The van der Waals surface area contributed by atoms with Crippen LogP contribution in [0.5, 0.6) is 11.5 Å². The van der Waals surface area contributed by atoms with Gasteiger partial charge < -0.3 is 14.5 Å². The predicted octanol–water partition coefficient (Wildman–Crippen LogP) is 8.04. The summed E-state index contributed by atoms with van der Waals surface area (Å²) in [5.74, 6) is 3.49. The Bertz CT molecular complexity index is 1550. The maximum Gasteiger partial charge on any atom is 0.194 e. The third-order valence-electron chi connectivity index (χ3n) is 5.59. The number of benzene rings is 1. The fourth-order valence-electron chi connectivity index (χ4n) is 3.70. The number of aryl methyl sites for hydroxylation is 3. The monoisotopic (exact) mass is 541 g/mol. The quantitative estimate of drug-likeness (QED) is 0.190. The highest BCUT2D eigenvalue weighted by molar-refractivity contribution is 7.99. The molecule has 0 aliphatic carbocycles. The molecule has 5 rings (SSSR count). The molecule has 4 aromatic heterocycles. The van der Waals surface area contributed by atoms with Crippen molar-refractivity contribution in [2.24, 2.45) is 0 Å². The molecule has 0 aliphatic rings. The molecule has 0 aliphatic heterocycles. The lowest BCUT2D eigenvalue weighted by Crippen LogP contribution is -1.98. The smallest absolute Gasteiger partial charge is 0.194 e. The van der Waals surface area contributed by atoms with Crippen molar-refractivity contribution in [1.82, 2.24) is 19.9 Å². The first kappa shape index (κ1) is 25.7. The maximum atomic E-state index is 6.26. The average Bonchev–Trinajstić information content (AvgIpc) is 3.55. The summed E-state index contributed by atoms with van der Waals surface area (Å²) in [4.78, 5) is 20.3. The third-order valence-corrected chi connectivity index (χ3v) is 7.51. The summed E-state index contributed by atoms with van der Waals surface area (Å²) in [6.07, 6.45) is 10.9. The zero-order valence-electron chi connectivity index (χ0n) is 21.3. The Labute approximate surface area is 230 Å². The molecule has 0 bridgehead atoms. The van der Waals surface area contributed by atoms with Crippen LogP contribution in [0.2, 0.25) is 0 Å². The zero-order chi connectivity index (χ0) is 26.3. The fraction of sp³-hybridized carbons (Fsp3) is 0.172. The Morgan fingerprint density at radius 2 is 1.92 bits per heavy atom. The number of allylic oxidation sites excluding steroid dienone is 1. The van der Waals surface area contributed by atoms with Gasteiger partial charge in [0.05, 0.1) is 17.6 Å². The largest absolute Gasteiger partial charge is 0.453 e. The first-order valence-electron chi connectivity index (χ1n) is 12.2. The number of hydrogen-bond acceptors (Lipinski definition) is 9. The van der Waals surface area contributed by atoms with Gasteiger partial charge in [0.25, 0.3) is 0 Å². The molecular formula is C29H27N5O2S2. The molecule has 5 aromatic rings. The summed E-state index contributed by atoms with van der Waals surface area (Å²) in [5.41, 5.74) is 3.05. The number of nitrogens with zero attached hydrogens (tertiary/aromatic N) is 4. The number of para-hydroxylation sites is 1. The number of anilines is 2. The lowest BCUT2D eigenvalue weighted by Gasteiger charge is -2.13. The van der Waals surface area contributed by atoms with Gasteiger partial charge in [-0.2, -0.15) is 0 Å². The van der Waals surface area contributed by atoms with Gasteiger partial charge in [-0.15, -0.1) is 11.3 Å². The Morgan fingerprint density at radius 1 is 1.05 bits per heavy atom. The van der Waals surface area contributed by atoms with Gasteiger partial charge in [-0.3, -0.25) is 4.98 Å². The lowest BCUT2D eigenvalue weighted by atomic mass is 10.2. The van der Waals surface area contributed by atoms with Gasteiger partial charge in [0, 0.05) is 40.1 Å². The van der Waals surface area contributed by atoms with Crippen LogP contribution in [0.1, 0.15) is 35.5 Å². The molecule has 0 radical (unpaired) electrons. The minimum absolute atomic E-state index is 0.600. The van der Waals surface area contributed by atoms with Crippen molar-refractivity contribution in [3.63, 3.8) is 0 Å². The summed E-state index contributed by atoms with van der Waals surface area (Å²) in [6, 6.07) is 13.7. The number of pyridine rings is 2. The number of nitrogens with one attached hydrogen (secondary N) is 1. The van der Waals surface area contributed by atoms with Gasteiger partial charge >= 0.3 is 0 Å². The second-order valence-corrected chi connectivity index (χ2v) is 10.5. The topological polar surface area (TPSA) is 86.0 Å². The van der Waals surface area contributed by atoms with Crippen LogP contribution in [0.4, 0.5) is 10.9 Å². The summed E-state index contributed by atoms with van der Waals surface area (Å²) >= 11 is 3.16. The Balaban J connectivity index is 1.37. The Kier molecular flexibility index (Phi) is 8.15. The minimum Gasteiger partial charge on any atom is -0.453 e. The second kappa shape index (κ2) is 12.1. The van der Waals surface area contributed by atoms with Crippen LogP contribution in [-0.4, -0.2) is 19.9 Å². The molecule has 192 valence electrons. The number of oxazole rings is 1. The predicted molar refractivity (Wildman–Crippen MR) is 153 cm³/mol. The van der Waals surface area contributed by atoms with E-state index >= 15 is 0 Å². The van der Waals surface area contributed by atoms with E-state index in [4.69, 9.17) is 19.1 Å². The maximum absolute atomic E-state index is 6.26. The molecule has 9 heteroatoms. The first-order valence-corrected chi connectivity index (χ1v) is 13.9.